The normalized spacial score (nSPS) is 20.9. The van der Waals surface area contributed by atoms with Crippen molar-refractivity contribution in [3.05, 3.63) is 65.5 Å². The van der Waals surface area contributed by atoms with Gasteiger partial charge in [-0.15, -0.1) is 0 Å². The largest absolute Gasteiger partial charge is 0.496 e. The molecule has 6 nitrogen and oxygen atoms in total. The van der Waals surface area contributed by atoms with Gasteiger partial charge in [0.15, 0.2) is 6.19 Å². The van der Waals surface area contributed by atoms with Crippen LogP contribution in [0.15, 0.2) is 53.5 Å². The Hall–Kier alpha value is -3.40. The molecule has 150 valence electrons. The Labute approximate surface area is 169 Å². The molecule has 1 amide bonds. The number of para-hydroxylation sites is 1. The summed E-state index contributed by atoms with van der Waals surface area (Å²) in [6.07, 6.45) is 3.14. The van der Waals surface area contributed by atoms with Crippen molar-refractivity contribution in [2.45, 2.75) is 31.2 Å². The molecular weight excluding hydrogens is 371 g/mol. The summed E-state index contributed by atoms with van der Waals surface area (Å²) in [5.74, 6) is 0.488. The predicted octanol–water partition coefficient (Wildman–Crippen LogP) is 3.15. The van der Waals surface area contributed by atoms with Crippen LogP contribution in [0.4, 0.5) is 4.39 Å². The number of carbonyl (C=O) groups excluding carboxylic acids is 1. The first-order chi connectivity index (χ1) is 14.0. The molecule has 1 aliphatic rings. The van der Waals surface area contributed by atoms with E-state index in [1.54, 1.807) is 37.3 Å². The van der Waals surface area contributed by atoms with E-state index in [9.17, 15) is 9.18 Å². The molecule has 2 aromatic carbocycles. The van der Waals surface area contributed by atoms with E-state index in [1.165, 1.54) is 19.2 Å². The number of amides is 1. The summed E-state index contributed by atoms with van der Waals surface area (Å²) in [6.45, 7) is 2.08. The first-order valence-electron chi connectivity index (χ1n) is 9.34. The second kappa shape index (κ2) is 8.74. The van der Waals surface area contributed by atoms with Gasteiger partial charge in [0.1, 0.15) is 17.4 Å². The minimum Gasteiger partial charge on any atom is -0.496 e. The van der Waals surface area contributed by atoms with Gasteiger partial charge in [-0.3, -0.25) is 15.1 Å². The maximum absolute atomic E-state index is 13.9. The van der Waals surface area contributed by atoms with E-state index in [4.69, 9.17) is 10.00 Å². The van der Waals surface area contributed by atoms with Crippen molar-refractivity contribution < 1.29 is 13.9 Å². The summed E-state index contributed by atoms with van der Waals surface area (Å²) in [5.41, 5.74) is 0.864. The van der Waals surface area contributed by atoms with Crippen molar-refractivity contribution in [1.29, 1.82) is 5.26 Å². The Kier molecular flexibility index (Phi) is 6.13. The summed E-state index contributed by atoms with van der Waals surface area (Å²) < 4.78 is 19.1. The van der Waals surface area contributed by atoms with Crippen LogP contribution in [0.2, 0.25) is 0 Å². The monoisotopic (exact) mass is 394 g/mol. The lowest BCUT2D eigenvalue weighted by molar-refractivity contribution is 0.0917. The number of benzene rings is 2. The molecule has 0 heterocycles. The number of nitrogens with one attached hydrogen (secondary N) is 2. The van der Waals surface area contributed by atoms with E-state index >= 15 is 0 Å². The fourth-order valence-electron chi connectivity index (χ4n) is 3.80. The lowest BCUT2D eigenvalue weighted by Gasteiger charge is -2.47. The van der Waals surface area contributed by atoms with E-state index < -0.39 is 5.41 Å². The van der Waals surface area contributed by atoms with Gasteiger partial charge in [0.2, 0.25) is 0 Å². The first kappa shape index (κ1) is 20.3. The highest BCUT2D eigenvalue weighted by Crippen LogP contribution is 2.45. The second-order valence-corrected chi connectivity index (χ2v) is 7.19. The van der Waals surface area contributed by atoms with Crippen molar-refractivity contribution in [2.75, 3.05) is 13.7 Å². The van der Waals surface area contributed by atoms with Gasteiger partial charge in [-0.1, -0.05) is 24.3 Å². The van der Waals surface area contributed by atoms with E-state index in [1.807, 2.05) is 12.3 Å². The van der Waals surface area contributed by atoms with Gasteiger partial charge in [0.05, 0.1) is 18.7 Å². The van der Waals surface area contributed by atoms with Crippen LogP contribution in [0.3, 0.4) is 0 Å². The average Bonchev–Trinajstić information content (AvgIpc) is 2.69. The average molecular weight is 394 g/mol. The molecule has 2 N–H and O–H groups in total. The molecular formula is C22H23FN4O2. The fourth-order valence-corrected chi connectivity index (χ4v) is 3.80. The number of methoxy groups -OCH3 is 1. The van der Waals surface area contributed by atoms with E-state index in [2.05, 4.69) is 15.6 Å². The smallest absolute Gasteiger partial charge is 0.255 e. The van der Waals surface area contributed by atoms with Crippen LogP contribution in [-0.2, 0) is 5.41 Å². The summed E-state index contributed by atoms with van der Waals surface area (Å²) in [5, 5.41) is 14.2. The maximum Gasteiger partial charge on any atom is 0.255 e. The molecule has 0 aliphatic heterocycles. The number of halogens is 1. The zero-order valence-electron chi connectivity index (χ0n) is 16.4. The number of nitrogens with zero attached hydrogens (tertiary/aromatic N) is 2. The molecule has 1 saturated carbocycles. The van der Waals surface area contributed by atoms with Crippen LogP contribution in [0, 0.1) is 17.3 Å². The zero-order valence-corrected chi connectivity index (χ0v) is 16.4. The van der Waals surface area contributed by atoms with Gasteiger partial charge in [0, 0.05) is 12.0 Å². The second-order valence-electron chi connectivity index (χ2n) is 7.19. The van der Waals surface area contributed by atoms with Crippen molar-refractivity contribution in [3.63, 3.8) is 0 Å². The van der Waals surface area contributed by atoms with Gasteiger partial charge in [-0.25, -0.2) is 4.39 Å². The molecule has 1 fully saturated rings. The van der Waals surface area contributed by atoms with E-state index in [0.29, 0.717) is 36.5 Å². The standard InChI is InChI=1S/C22H23FN4O2/c1-15(26-14-24)27-18-11-22(12-18,16-6-5-7-17(23)10-16)13-25-21(28)19-8-3-4-9-20(19)29-2/h3-10,18H,11-13H2,1-2H3,(H,25,28)(H,26,27). The third kappa shape index (κ3) is 4.54. The third-order valence-electron chi connectivity index (χ3n) is 5.24. The Balaban J connectivity index is 1.78. The highest BCUT2D eigenvalue weighted by molar-refractivity contribution is 5.97. The third-order valence-corrected chi connectivity index (χ3v) is 5.24. The van der Waals surface area contributed by atoms with Crippen LogP contribution in [0.25, 0.3) is 0 Å². The minimum atomic E-state index is -0.416. The van der Waals surface area contributed by atoms with Crippen molar-refractivity contribution in [2.24, 2.45) is 4.99 Å². The summed E-state index contributed by atoms with van der Waals surface area (Å²) in [6, 6.07) is 13.5. The number of nitriles is 1. The molecule has 0 saturated heterocycles. The summed E-state index contributed by atoms with van der Waals surface area (Å²) in [4.78, 5) is 17.2. The number of aliphatic imine (C=N–C) groups is 1. The molecule has 29 heavy (non-hydrogen) atoms. The topological polar surface area (TPSA) is 86.5 Å². The van der Waals surface area contributed by atoms with Crippen LogP contribution in [0.5, 0.6) is 5.75 Å². The molecule has 0 spiro atoms. The SMILES string of the molecule is COc1ccccc1C(=O)NCC1(c2cccc(F)c2)CC(N=C(C)NC#N)C1. The number of ether oxygens (including phenoxy) is 1. The fraction of sp³-hybridized carbons (Fsp3) is 0.318. The van der Waals surface area contributed by atoms with Crippen molar-refractivity contribution in [3.8, 4) is 11.9 Å². The van der Waals surface area contributed by atoms with Crippen LogP contribution in [0.1, 0.15) is 35.7 Å². The molecule has 0 bridgehead atoms. The predicted molar refractivity (Wildman–Crippen MR) is 108 cm³/mol. The Bertz CT molecular complexity index is 961. The Morgan fingerprint density at radius 2 is 2.07 bits per heavy atom. The number of rotatable bonds is 6. The lowest BCUT2D eigenvalue weighted by atomic mass is 9.61. The number of amidine groups is 1. The summed E-state index contributed by atoms with van der Waals surface area (Å²) in [7, 11) is 1.52. The van der Waals surface area contributed by atoms with Gasteiger partial charge >= 0.3 is 0 Å². The quantitative estimate of drug-likeness (QED) is 0.341. The van der Waals surface area contributed by atoms with Gasteiger partial charge in [-0.05, 0) is 49.6 Å². The van der Waals surface area contributed by atoms with Crippen molar-refractivity contribution >= 4 is 11.7 Å². The van der Waals surface area contributed by atoms with E-state index in [-0.39, 0.29) is 17.8 Å². The first-order valence-corrected chi connectivity index (χ1v) is 9.34. The molecule has 0 radical (unpaired) electrons. The van der Waals surface area contributed by atoms with E-state index in [0.717, 1.165) is 5.56 Å². The molecule has 2 aromatic rings. The maximum atomic E-state index is 13.9. The Morgan fingerprint density at radius 3 is 2.76 bits per heavy atom. The number of hydrogen-bond acceptors (Lipinski definition) is 4. The van der Waals surface area contributed by atoms with Crippen LogP contribution >= 0.6 is 0 Å². The lowest BCUT2D eigenvalue weighted by Crippen LogP contribution is -2.52. The molecule has 7 heteroatoms. The van der Waals surface area contributed by atoms with Gasteiger partial charge in [0.25, 0.3) is 5.91 Å². The minimum absolute atomic E-state index is 0.00211. The highest BCUT2D eigenvalue weighted by atomic mass is 19.1. The Morgan fingerprint density at radius 1 is 1.31 bits per heavy atom. The molecule has 0 unspecified atom stereocenters. The number of hydrogen-bond donors (Lipinski definition) is 2. The van der Waals surface area contributed by atoms with Gasteiger partial charge < -0.3 is 10.1 Å². The molecule has 3 rings (SSSR count). The van der Waals surface area contributed by atoms with Crippen LogP contribution in [-0.4, -0.2) is 31.4 Å². The highest BCUT2D eigenvalue weighted by Gasteiger charge is 2.46. The van der Waals surface area contributed by atoms with Gasteiger partial charge in [-0.2, -0.15) is 5.26 Å². The number of carbonyl (C=O) groups is 1. The molecule has 0 aromatic heterocycles. The van der Waals surface area contributed by atoms with Crippen molar-refractivity contribution in [1.82, 2.24) is 10.6 Å². The molecule has 0 atom stereocenters. The van der Waals surface area contributed by atoms with Crippen LogP contribution < -0.4 is 15.4 Å². The summed E-state index contributed by atoms with van der Waals surface area (Å²) >= 11 is 0. The molecule has 1 aliphatic carbocycles. The zero-order chi connectivity index (χ0) is 20.9.